The van der Waals surface area contributed by atoms with Crippen LogP contribution >= 0.6 is 11.6 Å². The van der Waals surface area contributed by atoms with Gasteiger partial charge in [0, 0.05) is 11.4 Å². The van der Waals surface area contributed by atoms with E-state index < -0.39 is 12.2 Å². The summed E-state index contributed by atoms with van der Waals surface area (Å²) in [6, 6.07) is 5.46. The van der Waals surface area contributed by atoms with Crippen molar-refractivity contribution in [1.82, 2.24) is 0 Å². The summed E-state index contributed by atoms with van der Waals surface area (Å²) in [6.07, 6.45) is -1.48. The summed E-state index contributed by atoms with van der Waals surface area (Å²) in [5.41, 5.74) is 1.63. The fourth-order valence-corrected chi connectivity index (χ4v) is 1.76. The highest BCUT2D eigenvalue weighted by molar-refractivity contribution is 6.17. The molecule has 1 aromatic rings. The fourth-order valence-electron chi connectivity index (χ4n) is 1.54. The average Bonchev–Trinajstić information content (AvgIpc) is 2.28. The average molecular weight is 245 g/mol. The van der Waals surface area contributed by atoms with Gasteiger partial charge in [0.05, 0.1) is 13.2 Å². The second kappa shape index (κ2) is 6.09. The van der Waals surface area contributed by atoms with Crippen molar-refractivity contribution in [1.29, 1.82) is 0 Å². The van der Waals surface area contributed by atoms with Crippen LogP contribution < -0.4 is 4.74 Å². The number of methoxy groups -OCH3 is 1. The van der Waals surface area contributed by atoms with Crippen molar-refractivity contribution in [3.8, 4) is 5.75 Å². The van der Waals surface area contributed by atoms with E-state index in [-0.39, 0.29) is 0 Å². The largest absolute Gasteiger partial charge is 0.496 e. The molecule has 0 amide bonds. The standard InChI is InChI=1S/C12H17ClO3/c1-8-3-4-9(11(7-8)16-2)12(15)10(14)5-6-13/h3-4,7,10,12,14-15H,5-6H2,1-2H3. The molecule has 0 aliphatic rings. The quantitative estimate of drug-likeness (QED) is 0.780. The highest BCUT2D eigenvalue weighted by atomic mass is 35.5. The van der Waals surface area contributed by atoms with E-state index in [1.165, 1.54) is 0 Å². The second-order valence-corrected chi connectivity index (χ2v) is 4.11. The number of ether oxygens (including phenoxy) is 1. The molecular formula is C12H17ClO3. The minimum Gasteiger partial charge on any atom is -0.496 e. The molecule has 0 saturated carbocycles. The van der Waals surface area contributed by atoms with E-state index in [0.717, 1.165) is 5.56 Å². The van der Waals surface area contributed by atoms with E-state index in [9.17, 15) is 10.2 Å². The first kappa shape index (κ1) is 13.3. The molecule has 3 nitrogen and oxygen atoms in total. The molecule has 4 heteroatoms. The number of benzene rings is 1. The van der Waals surface area contributed by atoms with Crippen LogP contribution in [0.15, 0.2) is 18.2 Å². The van der Waals surface area contributed by atoms with Crippen LogP contribution in [0.4, 0.5) is 0 Å². The Morgan fingerprint density at radius 1 is 1.38 bits per heavy atom. The molecule has 0 saturated heterocycles. The maximum absolute atomic E-state index is 9.93. The predicted molar refractivity (Wildman–Crippen MR) is 64.0 cm³/mol. The minimum atomic E-state index is -0.964. The normalized spacial score (nSPS) is 14.6. The van der Waals surface area contributed by atoms with Crippen molar-refractivity contribution in [2.24, 2.45) is 0 Å². The van der Waals surface area contributed by atoms with Crippen LogP contribution in [-0.4, -0.2) is 29.3 Å². The van der Waals surface area contributed by atoms with E-state index in [4.69, 9.17) is 16.3 Å². The molecule has 0 spiro atoms. The van der Waals surface area contributed by atoms with Gasteiger partial charge in [0.25, 0.3) is 0 Å². The Labute approximate surface area is 101 Å². The fraction of sp³-hybridized carbons (Fsp3) is 0.500. The van der Waals surface area contributed by atoms with Gasteiger partial charge in [-0.3, -0.25) is 0 Å². The Balaban J connectivity index is 2.93. The first-order chi connectivity index (χ1) is 7.60. The van der Waals surface area contributed by atoms with E-state index in [1.807, 2.05) is 19.1 Å². The molecule has 0 radical (unpaired) electrons. The molecule has 0 aliphatic carbocycles. The van der Waals surface area contributed by atoms with Gasteiger partial charge in [0.1, 0.15) is 11.9 Å². The van der Waals surface area contributed by atoms with Crippen molar-refractivity contribution in [3.05, 3.63) is 29.3 Å². The van der Waals surface area contributed by atoms with Crippen molar-refractivity contribution < 1.29 is 14.9 Å². The lowest BCUT2D eigenvalue weighted by Crippen LogP contribution is -2.19. The van der Waals surface area contributed by atoms with Gasteiger partial charge >= 0.3 is 0 Å². The van der Waals surface area contributed by atoms with Gasteiger partial charge in [-0.25, -0.2) is 0 Å². The molecule has 0 aliphatic heterocycles. The van der Waals surface area contributed by atoms with Gasteiger partial charge in [0.15, 0.2) is 0 Å². The number of hydrogen-bond acceptors (Lipinski definition) is 3. The summed E-state index contributed by atoms with van der Waals surface area (Å²) in [5.74, 6) is 0.896. The van der Waals surface area contributed by atoms with Crippen LogP contribution in [0.2, 0.25) is 0 Å². The first-order valence-corrected chi connectivity index (χ1v) is 5.70. The molecule has 2 atom stereocenters. The summed E-state index contributed by atoms with van der Waals surface area (Å²) in [4.78, 5) is 0. The topological polar surface area (TPSA) is 49.7 Å². The molecule has 1 rings (SSSR count). The number of aliphatic hydroxyl groups excluding tert-OH is 2. The van der Waals surface area contributed by atoms with Crippen LogP contribution in [0.1, 0.15) is 23.7 Å². The Kier molecular flexibility index (Phi) is 5.06. The van der Waals surface area contributed by atoms with Gasteiger partial charge in [-0.05, 0) is 25.0 Å². The monoisotopic (exact) mass is 244 g/mol. The van der Waals surface area contributed by atoms with Gasteiger partial charge < -0.3 is 14.9 Å². The third kappa shape index (κ3) is 3.11. The summed E-state index contributed by atoms with van der Waals surface area (Å²) in [6.45, 7) is 1.94. The molecule has 0 aromatic heterocycles. The van der Waals surface area contributed by atoms with Crippen molar-refractivity contribution in [2.75, 3.05) is 13.0 Å². The van der Waals surface area contributed by atoms with Gasteiger partial charge in [-0.2, -0.15) is 0 Å². The van der Waals surface area contributed by atoms with Crippen molar-refractivity contribution in [3.63, 3.8) is 0 Å². The lowest BCUT2D eigenvalue weighted by Gasteiger charge is -2.19. The molecule has 0 bridgehead atoms. The van der Waals surface area contributed by atoms with Crippen LogP contribution in [-0.2, 0) is 0 Å². The van der Waals surface area contributed by atoms with Crippen molar-refractivity contribution in [2.45, 2.75) is 25.6 Å². The summed E-state index contributed by atoms with van der Waals surface area (Å²) in [7, 11) is 1.54. The summed E-state index contributed by atoms with van der Waals surface area (Å²) >= 11 is 5.52. The zero-order chi connectivity index (χ0) is 12.1. The molecule has 2 N–H and O–H groups in total. The van der Waals surface area contributed by atoms with Crippen LogP contribution in [0.3, 0.4) is 0 Å². The maximum atomic E-state index is 9.93. The zero-order valence-corrected chi connectivity index (χ0v) is 10.2. The lowest BCUT2D eigenvalue weighted by molar-refractivity contribution is 0.0156. The number of alkyl halides is 1. The Bertz CT molecular complexity index is 341. The number of halogens is 1. The zero-order valence-electron chi connectivity index (χ0n) is 9.48. The molecule has 0 fully saturated rings. The summed E-state index contributed by atoms with van der Waals surface area (Å²) < 4.78 is 5.17. The van der Waals surface area contributed by atoms with Gasteiger partial charge in [0.2, 0.25) is 0 Å². The number of hydrogen-bond donors (Lipinski definition) is 2. The van der Waals surface area contributed by atoms with Crippen LogP contribution in [0, 0.1) is 6.92 Å². The third-order valence-electron chi connectivity index (χ3n) is 2.48. The van der Waals surface area contributed by atoms with Gasteiger partial charge in [-0.1, -0.05) is 12.1 Å². The Morgan fingerprint density at radius 2 is 2.06 bits per heavy atom. The molecule has 1 aromatic carbocycles. The summed E-state index contributed by atoms with van der Waals surface area (Å²) in [5, 5.41) is 19.6. The van der Waals surface area contributed by atoms with Crippen LogP contribution in [0.5, 0.6) is 5.75 Å². The number of aliphatic hydroxyl groups is 2. The molecule has 0 heterocycles. The maximum Gasteiger partial charge on any atom is 0.125 e. The van der Waals surface area contributed by atoms with E-state index in [0.29, 0.717) is 23.6 Å². The predicted octanol–water partition coefficient (Wildman–Crippen LogP) is 2.03. The molecule has 16 heavy (non-hydrogen) atoms. The van der Waals surface area contributed by atoms with Gasteiger partial charge in [-0.15, -0.1) is 11.6 Å². The van der Waals surface area contributed by atoms with E-state index >= 15 is 0 Å². The highest BCUT2D eigenvalue weighted by Crippen LogP contribution is 2.29. The smallest absolute Gasteiger partial charge is 0.125 e. The molecule has 2 unspecified atom stereocenters. The second-order valence-electron chi connectivity index (χ2n) is 3.74. The van der Waals surface area contributed by atoms with E-state index in [1.54, 1.807) is 13.2 Å². The van der Waals surface area contributed by atoms with E-state index in [2.05, 4.69) is 0 Å². The first-order valence-electron chi connectivity index (χ1n) is 5.16. The Hall–Kier alpha value is -0.770. The SMILES string of the molecule is COc1cc(C)ccc1C(O)C(O)CCCl. The Morgan fingerprint density at radius 3 is 2.62 bits per heavy atom. The minimum absolute atomic E-state index is 0.312. The number of aryl methyl sites for hydroxylation is 1. The van der Waals surface area contributed by atoms with Crippen LogP contribution in [0.25, 0.3) is 0 Å². The molecule has 90 valence electrons. The third-order valence-corrected chi connectivity index (χ3v) is 2.70. The highest BCUT2D eigenvalue weighted by Gasteiger charge is 2.21. The van der Waals surface area contributed by atoms with Crippen molar-refractivity contribution >= 4 is 11.6 Å². The molecular weight excluding hydrogens is 228 g/mol. The lowest BCUT2D eigenvalue weighted by atomic mass is 10.0. The number of rotatable bonds is 5.